The molecule has 140 heavy (non-hydrogen) atoms. The van der Waals surface area contributed by atoms with E-state index in [9.17, 15) is 68.4 Å². The van der Waals surface area contributed by atoms with Crippen LogP contribution in [0.3, 0.4) is 0 Å². The topological polar surface area (TPSA) is 393 Å². The zero-order valence-corrected chi connectivity index (χ0v) is 84.6. The van der Waals surface area contributed by atoms with Crippen molar-refractivity contribution in [1.82, 2.24) is 76.3 Å². The van der Waals surface area contributed by atoms with Gasteiger partial charge in [-0.1, -0.05) is 76.0 Å². The van der Waals surface area contributed by atoms with Crippen LogP contribution in [-0.4, -0.2) is 264 Å². The van der Waals surface area contributed by atoms with E-state index in [4.69, 9.17) is 14.2 Å². The number of ether oxygens (including phenoxy) is 3. The molecule has 9 amide bonds. The van der Waals surface area contributed by atoms with E-state index >= 15 is 0 Å². The van der Waals surface area contributed by atoms with Crippen LogP contribution in [0.25, 0.3) is 66.5 Å². The van der Waals surface area contributed by atoms with E-state index in [2.05, 4.69) is 92.9 Å². The lowest BCUT2D eigenvalue weighted by molar-refractivity contribution is -0.149. The first-order valence-electron chi connectivity index (χ1n) is 48.9. The van der Waals surface area contributed by atoms with Crippen molar-refractivity contribution in [3.05, 3.63) is 159 Å². The quantitative estimate of drug-likeness (QED) is 0.0435. The number of aromatic nitrogens is 3. The molecule has 20 rings (SSSR count). The Balaban J connectivity index is 0.000000139. The van der Waals surface area contributed by atoms with E-state index in [0.29, 0.717) is 88.6 Å². The number of benzene rings is 6. The Kier molecular flexibility index (Phi) is 26.7. The predicted molar refractivity (Wildman–Crippen MR) is 532 cm³/mol. The van der Waals surface area contributed by atoms with Crippen LogP contribution in [-0.2, 0) is 79.0 Å². The van der Waals surface area contributed by atoms with Gasteiger partial charge in [0.05, 0.1) is 55.0 Å². The summed E-state index contributed by atoms with van der Waals surface area (Å²) in [5.74, 6) is -2.70. The van der Waals surface area contributed by atoms with Gasteiger partial charge >= 0.3 is 66.1 Å². The Morgan fingerprint density at radius 1 is 0.371 bits per heavy atom. The maximum atomic E-state index is 13.9. The molecular weight excluding hydrogens is 1850 g/mol. The average molecular weight is 1970 g/mol. The highest BCUT2D eigenvalue weighted by Crippen LogP contribution is 2.64. The van der Waals surface area contributed by atoms with Gasteiger partial charge in [-0.25, -0.2) is 14.2 Å². The van der Waals surface area contributed by atoms with E-state index < -0.39 is 100 Å². The minimum atomic E-state index is -4.00. The van der Waals surface area contributed by atoms with Crippen molar-refractivity contribution in [2.24, 2.45) is 0 Å². The zero-order valence-electron chi connectivity index (χ0n) is 82.1. The summed E-state index contributed by atoms with van der Waals surface area (Å²) >= 11 is 0. The van der Waals surface area contributed by atoms with Crippen molar-refractivity contribution in [2.45, 2.75) is 226 Å². The third-order valence-electron chi connectivity index (χ3n) is 31.6. The van der Waals surface area contributed by atoms with Gasteiger partial charge in [0, 0.05) is 198 Å². The van der Waals surface area contributed by atoms with Crippen molar-refractivity contribution in [1.29, 1.82) is 0 Å². The first-order chi connectivity index (χ1) is 66.6. The molecule has 6 saturated carbocycles. The molecule has 8 fully saturated rings. The molecular formula is C103H128N16O18S3. The minimum Gasteiger partial charge on any atom is -0.497 e. The Hall–Kier alpha value is -11.7. The van der Waals surface area contributed by atoms with Crippen LogP contribution < -0.4 is 44.3 Å². The second-order valence-electron chi connectivity index (χ2n) is 41.1. The normalized spacial score (nSPS) is 23.1. The first-order valence-corrected chi connectivity index (χ1v) is 53.2. The maximum absolute atomic E-state index is 13.9. The Bertz CT molecular complexity index is 6910. The number of likely N-dealkylation sites (tertiary alicyclic amines) is 1. The summed E-state index contributed by atoms with van der Waals surface area (Å²) in [7, 11) is 6.24. The number of carbonyl (C=O) groups excluding carboxylic acids is 9. The third-order valence-corrected chi connectivity index (χ3v) is 35.8. The molecule has 0 radical (unpaired) electrons. The highest BCUT2D eigenvalue weighted by Gasteiger charge is 2.63. The Labute approximate surface area is 817 Å². The number of piperazine rings is 1. The summed E-state index contributed by atoms with van der Waals surface area (Å²) in [6.07, 6.45) is 20.4. The second kappa shape index (κ2) is 37.9. The van der Waals surface area contributed by atoms with Gasteiger partial charge in [-0.15, -0.1) is 0 Å². The van der Waals surface area contributed by atoms with Crippen molar-refractivity contribution in [3.63, 3.8) is 0 Å². The van der Waals surface area contributed by atoms with Gasteiger partial charge < -0.3 is 58.6 Å². The highest BCUT2D eigenvalue weighted by molar-refractivity contribution is 7.88. The monoisotopic (exact) mass is 1970 g/mol. The van der Waals surface area contributed by atoms with Crippen LogP contribution in [0.1, 0.15) is 242 Å². The molecule has 6 aromatic carbocycles. The minimum absolute atomic E-state index is 0.0289. The summed E-state index contributed by atoms with van der Waals surface area (Å²) in [6.45, 7) is 7.46. The van der Waals surface area contributed by atoms with E-state index in [1.165, 1.54) is 83.1 Å². The third kappa shape index (κ3) is 18.3. The number of nitrogens with zero attached hydrogens (tertiary/aromatic N) is 10. The maximum Gasteiger partial charge on any atom is 0.312 e. The predicted octanol–water partition coefficient (Wildman–Crippen LogP) is 11.0. The number of carbonyl (C=O) groups is 9. The van der Waals surface area contributed by atoms with Gasteiger partial charge in [-0.05, 0) is 234 Å². The molecule has 34 nitrogen and oxygen atoms in total. The molecule has 0 spiro atoms. The lowest BCUT2D eigenvalue weighted by Crippen LogP contribution is -2.59. The second-order valence-corrected chi connectivity index (χ2v) is 46.8. The number of fused-ring (bicyclic) bond motifs is 21. The molecule has 37 heteroatoms. The smallest absolute Gasteiger partial charge is 0.312 e. The molecule has 6 N–H and O–H groups in total. The van der Waals surface area contributed by atoms with Gasteiger partial charge in [0.1, 0.15) is 17.2 Å². The highest BCUT2D eigenvalue weighted by atomic mass is 32.2. The standard InChI is InChI=1S/C37H48N6O6S.C34H41N5O6S.C32H39N5O6S/c1-22-19-42(20-23(2)41(22)5)36(46)35(45)38-37-18-30(37)29-17-26(49-6)13-15-27(29)33-32(24-10-8-7-9-11-24)28-14-12-25(16-31(28)43(33)21-37)34(44)39-50(47,48)40(3)4;1-37(2)46(43,44)36-31(40)22-11-13-25-28(17-22)39-20-34(35-32(41)33(42)38-15-7-8-16-38)19-27(34)26-18-23(45-3)12-14-24(26)30(39)29(25)21-9-5-4-6-10-21;1-35(2)31(40)30(39)33-32-17-25(32)24-16-21(43-5)12-14-22(24)28-27(19-9-7-6-8-10-19)23-13-11-20(15-26(23)37(28)18-32)29(38)34-44(41,42)36(3)4/h12-17,22-24,30H,7-11,18-21H2,1-6H3,(H,38,45)(H,39,44);11-14,17-18,21,27H,4-10,15-16,19-20H2,1-3H3,(H,35,41)(H,36,40);11-16,19,25H,6-10,17-18H2,1-5H3,(H,33,39)(H,34,38)/t22-,23+,30?,37?;;25-,32-/m..0/s1. The van der Waals surface area contributed by atoms with Crippen LogP contribution in [0.5, 0.6) is 17.2 Å². The molecule has 11 aliphatic rings. The van der Waals surface area contributed by atoms with Gasteiger partial charge in [0.2, 0.25) is 0 Å². The van der Waals surface area contributed by atoms with Crippen LogP contribution >= 0.6 is 0 Å². The lowest BCUT2D eigenvalue weighted by atomic mass is 9.81. The van der Waals surface area contributed by atoms with Crippen LogP contribution in [0.4, 0.5) is 0 Å². The molecule has 6 aliphatic carbocycles. The number of hydrogen-bond donors (Lipinski definition) is 6. The van der Waals surface area contributed by atoms with Crippen LogP contribution in [0.2, 0.25) is 0 Å². The van der Waals surface area contributed by atoms with E-state index in [-0.39, 0.29) is 46.5 Å². The van der Waals surface area contributed by atoms with Gasteiger partial charge in [0.25, 0.3) is 17.7 Å². The van der Waals surface area contributed by atoms with Crippen molar-refractivity contribution >= 4 is 117 Å². The average Bonchev–Trinajstić information content (AvgIpc) is 1.53. The van der Waals surface area contributed by atoms with Crippen molar-refractivity contribution in [2.75, 3.05) is 111 Å². The lowest BCUT2D eigenvalue weighted by Gasteiger charge is -2.42. The van der Waals surface area contributed by atoms with E-state index in [0.717, 1.165) is 197 Å². The van der Waals surface area contributed by atoms with E-state index in [1.54, 1.807) is 81.6 Å². The fourth-order valence-electron chi connectivity index (χ4n) is 23.5. The molecule has 9 aromatic rings. The van der Waals surface area contributed by atoms with Gasteiger partial charge in [-0.3, -0.25) is 48.1 Å². The SMILES string of the molecule is COc1ccc2c(c1)C1CC1(NC(=O)C(=O)N1CCCC1)Cn1c-2c(C2CCCCC2)c2ccc(C(=O)NS(=O)(=O)N(C)C)cc21.COc1ccc2c(c1)C1CC1(NC(=O)C(=O)N1C[C@@H](C)N(C)[C@@H](C)C1)Cn1c-2c(C2CCCCC2)c2ccc(C(=O)NS(=O)(=O)N(C)C)cc21.COc1ccc2c(c1)[C@@H]1C[C@]1(NC(=O)C(=O)N(C)C)Cn1c-2c(C2CCCCC2)c2ccc(C(=O)NS(=O)(=O)N(C)C)cc21. The molecule has 8 heterocycles. The molecule has 8 atom stereocenters. The first kappa shape index (κ1) is 98.4. The number of methoxy groups -OCH3 is 3. The fraction of sp³-hybridized carbons (Fsp3) is 0.505. The Morgan fingerprint density at radius 3 is 0.950 bits per heavy atom. The fourth-order valence-corrected chi connectivity index (χ4v) is 25.1. The summed E-state index contributed by atoms with van der Waals surface area (Å²) < 4.78 is 108. The zero-order chi connectivity index (χ0) is 99.6. The van der Waals surface area contributed by atoms with Crippen LogP contribution in [0, 0.1) is 0 Å². The number of amides is 9. The number of hydrogen-bond acceptors (Lipinski definition) is 19. The summed E-state index contributed by atoms with van der Waals surface area (Å²) in [5, 5.41) is 12.5. The molecule has 2 saturated heterocycles. The van der Waals surface area contributed by atoms with Gasteiger partial charge in [0.15, 0.2) is 0 Å². The van der Waals surface area contributed by atoms with Crippen LogP contribution in [0.15, 0.2) is 109 Å². The van der Waals surface area contributed by atoms with Crippen molar-refractivity contribution in [3.8, 4) is 51.0 Å². The largest absolute Gasteiger partial charge is 0.497 e. The van der Waals surface area contributed by atoms with Crippen molar-refractivity contribution < 1.29 is 82.6 Å². The summed E-state index contributed by atoms with van der Waals surface area (Å²) in [5.41, 5.74) is 14.0. The van der Waals surface area contributed by atoms with Gasteiger partial charge in [-0.2, -0.15) is 38.2 Å². The molecule has 3 aromatic heterocycles. The molecule has 5 aliphatic heterocycles. The molecule has 746 valence electrons. The van der Waals surface area contributed by atoms with E-state index in [1.807, 2.05) is 49.5 Å². The number of rotatable bonds is 18. The molecule has 4 unspecified atom stereocenters. The number of nitrogens with one attached hydrogen (secondary N) is 6. The molecule has 0 bridgehead atoms. The summed E-state index contributed by atoms with van der Waals surface area (Å²) in [4.78, 5) is 127. The summed E-state index contributed by atoms with van der Waals surface area (Å²) in [6, 6.07) is 34.7. The Morgan fingerprint density at radius 2 is 0.664 bits per heavy atom. The number of likely N-dealkylation sites (N-methyl/N-ethyl adjacent to an activating group) is 2.